The quantitative estimate of drug-likeness (QED) is 0.427. The monoisotopic (exact) mass is 449 g/mol. The highest BCUT2D eigenvalue weighted by molar-refractivity contribution is 7.17. The first-order valence-corrected chi connectivity index (χ1v) is 11.7. The molecule has 0 atom stereocenters. The van der Waals surface area contributed by atoms with Gasteiger partial charge in [-0.05, 0) is 18.9 Å². The number of thiophene rings is 1. The van der Waals surface area contributed by atoms with Crippen LogP contribution in [0.3, 0.4) is 0 Å². The molecule has 0 saturated carbocycles. The van der Waals surface area contributed by atoms with Gasteiger partial charge in [-0.3, -0.25) is 14.2 Å². The van der Waals surface area contributed by atoms with Crippen molar-refractivity contribution in [1.29, 1.82) is 0 Å². The maximum absolute atomic E-state index is 13.7. The smallest absolute Gasteiger partial charge is 0.263 e. The molecule has 4 aromatic rings. The van der Waals surface area contributed by atoms with Crippen LogP contribution in [-0.2, 0) is 6.54 Å². The Kier molecular flexibility index (Phi) is 6.28. The van der Waals surface area contributed by atoms with E-state index in [0.29, 0.717) is 29.3 Å². The van der Waals surface area contributed by atoms with Gasteiger partial charge in [-0.1, -0.05) is 50.6 Å². The second-order valence-electron chi connectivity index (χ2n) is 8.25. The average Bonchev–Trinajstić information content (AvgIpc) is 3.19. The predicted octanol–water partition coefficient (Wildman–Crippen LogP) is 5.08. The van der Waals surface area contributed by atoms with Crippen LogP contribution >= 0.6 is 11.3 Å². The van der Waals surface area contributed by atoms with Crippen molar-refractivity contribution in [3.8, 4) is 16.9 Å². The number of rotatable bonds is 7. The Labute approximate surface area is 190 Å². The van der Waals surface area contributed by atoms with Gasteiger partial charge in [0.05, 0.1) is 18.5 Å². The summed E-state index contributed by atoms with van der Waals surface area (Å²) in [6, 6.07) is 9.65. The number of ether oxygens (including phenoxy) is 1. The van der Waals surface area contributed by atoms with Gasteiger partial charge in [0, 0.05) is 34.8 Å². The minimum absolute atomic E-state index is 0.0518. The molecule has 0 unspecified atom stereocenters. The molecule has 0 aliphatic heterocycles. The van der Waals surface area contributed by atoms with Gasteiger partial charge in [0.15, 0.2) is 5.75 Å². The number of aromatic nitrogens is 3. The van der Waals surface area contributed by atoms with E-state index in [9.17, 15) is 9.59 Å². The molecular formula is C25H27N3O3S. The number of benzene rings is 1. The number of H-pyrrole nitrogens is 1. The van der Waals surface area contributed by atoms with Crippen molar-refractivity contribution in [2.75, 3.05) is 6.61 Å². The zero-order valence-electron chi connectivity index (χ0n) is 18.8. The Morgan fingerprint density at radius 1 is 1.19 bits per heavy atom. The highest BCUT2D eigenvalue weighted by atomic mass is 32.1. The van der Waals surface area contributed by atoms with Gasteiger partial charge in [0.25, 0.3) is 5.56 Å². The van der Waals surface area contributed by atoms with Crippen LogP contribution in [0.15, 0.2) is 51.5 Å². The van der Waals surface area contributed by atoms with Crippen molar-refractivity contribution >= 4 is 21.6 Å². The first-order chi connectivity index (χ1) is 15.4. The number of nitrogens with one attached hydrogen (secondary N) is 1. The summed E-state index contributed by atoms with van der Waals surface area (Å²) >= 11 is 1.49. The summed E-state index contributed by atoms with van der Waals surface area (Å²) < 4.78 is 7.15. The van der Waals surface area contributed by atoms with Crippen molar-refractivity contribution in [3.63, 3.8) is 0 Å². The van der Waals surface area contributed by atoms with Crippen molar-refractivity contribution in [2.24, 2.45) is 0 Å². The maximum Gasteiger partial charge on any atom is 0.263 e. The van der Waals surface area contributed by atoms with Gasteiger partial charge in [0.2, 0.25) is 5.43 Å². The van der Waals surface area contributed by atoms with E-state index in [0.717, 1.165) is 22.4 Å². The van der Waals surface area contributed by atoms with Gasteiger partial charge in [-0.25, -0.2) is 4.98 Å². The molecule has 1 aromatic carbocycles. The van der Waals surface area contributed by atoms with E-state index in [1.54, 1.807) is 10.8 Å². The number of aromatic amines is 1. The van der Waals surface area contributed by atoms with Crippen LogP contribution in [0.2, 0.25) is 0 Å². The summed E-state index contributed by atoms with van der Waals surface area (Å²) in [7, 11) is 0. The minimum atomic E-state index is -0.198. The third kappa shape index (κ3) is 4.25. The number of aryl methyl sites for hydroxylation is 1. The van der Waals surface area contributed by atoms with Crippen LogP contribution in [0.4, 0.5) is 0 Å². The molecule has 0 bridgehead atoms. The second-order valence-corrected chi connectivity index (χ2v) is 9.10. The van der Waals surface area contributed by atoms with Crippen molar-refractivity contribution in [2.45, 2.75) is 46.6 Å². The van der Waals surface area contributed by atoms with E-state index < -0.39 is 0 Å². The summed E-state index contributed by atoms with van der Waals surface area (Å²) in [4.78, 5) is 34.8. The third-order valence-electron chi connectivity index (χ3n) is 5.33. The molecule has 0 fully saturated rings. The predicted molar refractivity (Wildman–Crippen MR) is 130 cm³/mol. The molecule has 3 heterocycles. The van der Waals surface area contributed by atoms with Gasteiger partial charge < -0.3 is 9.72 Å². The van der Waals surface area contributed by atoms with E-state index in [1.165, 1.54) is 23.0 Å². The van der Waals surface area contributed by atoms with Crippen LogP contribution in [0.25, 0.3) is 21.3 Å². The highest BCUT2D eigenvalue weighted by Gasteiger charge is 2.19. The topological polar surface area (TPSA) is 77.0 Å². The maximum atomic E-state index is 13.7. The normalized spacial score (nSPS) is 11.4. The standard InChI is InChI=1S/C25H27N3O3S/c1-5-10-31-21-12-26-18(11-20(21)29)13-28-23(15(2)3)27-24-22(25(28)30)19(14-32-24)17-8-6-16(4)7-9-17/h6-9,11-12,14-15H,5,10,13H2,1-4H3,(H,26,29). The first-order valence-electron chi connectivity index (χ1n) is 10.8. The van der Waals surface area contributed by atoms with E-state index in [4.69, 9.17) is 9.72 Å². The van der Waals surface area contributed by atoms with E-state index in [-0.39, 0.29) is 23.5 Å². The van der Waals surface area contributed by atoms with Gasteiger partial charge in [-0.2, -0.15) is 0 Å². The van der Waals surface area contributed by atoms with Gasteiger partial charge >= 0.3 is 0 Å². The molecule has 166 valence electrons. The molecule has 0 aliphatic rings. The van der Waals surface area contributed by atoms with Crippen LogP contribution in [0, 0.1) is 6.92 Å². The zero-order chi connectivity index (χ0) is 22.8. The number of hydrogen-bond donors (Lipinski definition) is 1. The van der Waals surface area contributed by atoms with Crippen LogP contribution in [0.1, 0.15) is 50.2 Å². The number of hydrogen-bond acceptors (Lipinski definition) is 5. The Bertz CT molecular complexity index is 1360. The van der Waals surface area contributed by atoms with Crippen LogP contribution in [0.5, 0.6) is 5.75 Å². The van der Waals surface area contributed by atoms with Crippen LogP contribution in [-0.4, -0.2) is 21.1 Å². The van der Waals surface area contributed by atoms with Crippen molar-refractivity contribution in [1.82, 2.24) is 14.5 Å². The molecule has 1 N–H and O–H groups in total. The molecular weight excluding hydrogens is 422 g/mol. The Hall–Kier alpha value is -3.19. The molecule has 0 aliphatic carbocycles. The Balaban J connectivity index is 1.82. The first kappa shape index (κ1) is 22.0. The number of nitrogens with zero attached hydrogens (tertiary/aromatic N) is 2. The summed E-state index contributed by atoms with van der Waals surface area (Å²) in [5.74, 6) is 1.04. The molecule has 0 spiro atoms. The molecule has 0 amide bonds. The van der Waals surface area contributed by atoms with Crippen LogP contribution < -0.4 is 15.7 Å². The van der Waals surface area contributed by atoms with E-state index in [1.807, 2.05) is 57.3 Å². The summed E-state index contributed by atoms with van der Waals surface area (Å²) in [5, 5.41) is 2.62. The molecule has 6 nitrogen and oxygen atoms in total. The average molecular weight is 450 g/mol. The molecule has 3 aromatic heterocycles. The summed E-state index contributed by atoms with van der Waals surface area (Å²) in [5.41, 5.74) is 3.40. The Morgan fingerprint density at radius 3 is 2.59 bits per heavy atom. The SMILES string of the molecule is CCCOc1c[nH]c(Cn2c(C(C)C)nc3scc(-c4ccc(C)cc4)c3c2=O)cc1=O. The van der Waals surface area contributed by atoms with Crippen molar-refractivity contribution < 1.29 is 4.74 Å². The lowest BCUT2D eigenvalue weighted by molar-refractivity contribution is 0.313. The van der Waals surface area contributed by atoms with Gasteiger partial charge in [0.1, 0.15) is 10.7 Å². The third-order valence-corrected chi connectivity index (χ3v) is 6.20. The fraction of sp³-hybridized carbons (Fsp3) is 0.320. The number of pyridine rings is 1. The lowest BCUT2D eigenvalue weighted by atomic mass is 10.0. The molecule has 7 heteroatoms. The molecule has 0 saturated heterocycles. The fourth-order valence-electron chi connectivity index (χ4n) is 3.67. The minimum Gasteiger partial charge on any atom is -0.488 e. The molecule has 0 radical (unpaired) electrons. The summed E-state index contributed by atoms with van der Waals surface area (Å²) in [6.07, 6.45) is 2.39. The Morgan fingerprint density at radius 2 is 1.94 bits per heavy atom. The van der Waals surface area contributed by atoms with Crippen molar-refractivity contribution in [3.05, 3.63) is 79.6 Å². The van der Waals surface area contributed by atoms with E-state index in [2.05, 4.69) is 4.98 Å². The lowest BCUT2D eigenvalue weighted by Gasteiger charge is -2.15. The fourth-order valence-corrected chi connectivity index (χ4v) is 4.61. The number of fused-ring (bicyclic) bond motifs is 1. The molecule has 4 rings (SSSR count). The van der Waals surface area contributed by atoms with E-state index >= 15 is 0 Å². The largest absolute Gasteiger partial charge is 0.488 e. The van der Waals surface area contributed by atoms with Gasteiger partial charge in [-0.15, -0.1) is 11.3 Å². The summed E-state index contributed by atoms with van der Waals surface area (Å²) in [6.45, 7) is 8.78. The zero-order valence-corrected chi connectivity index (χ0v) is 19.6. The highest BCUT2D eigenvalue weighted by Crippen LogP contribution is 2.32. The molecule has 32 heavy (non-hydrogen) atoms. The second kappa shape index (κ2) is 9.12. The lowest BCUT2D eigenvalue weighted by Crippen LogP contribution is -2.27.